The molecule has 136 valence electrons. The Morgan fingerprint density at radius 1 is 1.28 bits per heavy atom. The van der Waals surface area contributed by atoms with Crippen LogP contribution in [0.25, 0.3) is 5.69 Å². The Balaban J connectivity index is 0.00000225. The van der Waals surface area contributed by atoms with E-state index in [1.807, 2.05) is 22.9 Å². The van der Waals surface area contributed by atoms with Gasteiger partial charge in [-0.3, -0.25) is 0 Å². The summed E-state index contributed by atoms with van der Waals surface area (Å²) < 4.78 is 2.00. The van der Waals surface area contributed by atoms with Crippen LogP contribution in [0.1, 0.15) is 37.2 Å². The number of aryl methyl sites for hydroxylation is 1. The third-order valence-electron chi connectivity index (χ3n) is 4.61. The molecule has 1 aromatic heterocycles. The highest BCUT2D eigenvalue weighted by atomic mass is 127. The molecule has 3 rings (SSSR count). The Hall–Kier alpha value is -1.57. The summed E-state index contributed by atoms with van der Waals surface area (Å²) in [5, 5.41) is 11.5. The third-order valence-corrected chi connectivity index (χ3v) is 4.61. The Bertz CT molecular complexity index is 723. The van der Waals surface area contributed by atoms with Crippen LogP contribution in [0, 0.1) is 19.8 Å². The zero-order valence-electron chi connectivity index (χ0n) is 15.4. The minimum absolute atomic E-state index is 0. The van der Waals surface area contributed by atoms with Crippen LogP contribution in [-0.2, 0) is 6.54 Å². The highest BCUT2D eigenvalue weighted by Crippen LogP contribution is 2.28. The maximum Gasteiger partial charge on any atom is 0.191 e. The molecule has 2 atom stereocenters. The fourth-order valence-electron chi connectivity index (χ4n) is 2.90. The minimum Gasteiger partial charge on any atom is -0.357 e. The number of guanidine groups is 1. The number of hydrogen-bond donors (Lipinski definition) is 2. The normalized spacial score (nSPS) is 19.3. The average Bonchev–Trinajstić information content (AvgIpc) is 3.19. The number of nitrogens with zero attached hydrogens (tertiary/aromatic N) is 3. The minimum atomic E-state index is 0. The van der Waals surface area contributed by atoms with Crippen molar-refractivity contribution in [2.75, 3.05) is 6.54 Å². The van der Waals surface area contributed by atoms with E-state index in [4.69, 9.17) is 10.1 Å². The summed E-state index contributed by atoms with van der Waals surface area (Å²) >= 11 is 0. The third kappa shape index (κ3) is 4.74. The first-order chi connectivity index (χ1) is 11.6. The molecule has 1 aromatic carbocycles. The van der Waals surface area contributed by atoms with E-state index in [2.05, 4.69) is 50.5 Å². The van der Waals surface area contributed by atoms with Crippen molar-refractivity contribution >= 4 is 29.9 Å². The lowest BCUT2D eigenvalue weighted by atomic mass is 10.2. The standard InChI is InChI=1S/C19H27N5.HI/c1-5-20-19(22-18-11-13(18)2)21-12-17-14(3)23-24(15(17)4)16-9-7-6-8-10-16;/h6-10,13,18H,5,11-12H2,1-4H3,(H2,20,21,22);1H. The van der Waals surface area contributed by atoms with Crippen molar-refractivity contribution in [3.8, 4) is 5.69 Å². The van der Waals surface area contributed by atoms with Gasteiger partial charge in [0, 0.05) is 23.8 Å². The summed E-state index contributed by atoms with van der Waals surface area (Å²) in [5.74, 6) is 1.65. The molecule has 5 nitrogen and oxygen atoms in total. The summed E-state index contributed by atoms with van der Waals surface area (Å²) in [6, 6.07) is 10.8. The molecule has 0 saturated heterocycles. The molecular formula is C19H28IN5. The quantitative estimate of drug-likeness (QED) is 0.414. The van der Waals surface area contributed by atoms with Gasteiger partial charge in [-0.2, -0.15) is 5.10 Å². The Kier molecular flexibility index (Phi) is 6.87. The Labute approximate surface area is 167 Å². The summed E-state index contributed by atoms with van der Waals surface area (Å²) in [6.07, 6.45) is 1.23. The van der Waals surface area contributed by atoms with Gasteiger partial charge >= 0.3 is 0 Å². The van der Waals surface area contributed by atoms with Gasteiger partial charge in [-0.05, 0) is 45.2 Å². The molecule has 1 aliphatic rings. The number of hydrogen-bond acceptors (Lipinski definition) is 2. The maximum atomic E-state index is 4.77. The molecule has 0 radical (unpaired) electrons. The first kappa shape index (κ1) is 19.8. The van der Waals surface area contributed by atoms with Gasteiger partial charge in [0.2, 0.25) is 0 Å². The number of rotatable bonds is 5. The average molecular weight is 453 g/mol. The van der Waals surface area contributed by atoms with E-state index < -0.39 is 0 Å². The van der Waals surface area contributed by atoms with E-state index in [1.54, 1.807) is 0 Å². The highest BCUT2D eigenvalue weighted by Gasteiger charge is 2.33. The number of benzene rings is 1. The Morgan fingerprint density at radius 2 is 1.96 bits per heavy atom. The van der Waals surface area contributed by atoms with Crippen molar-refractivity contribution in [2.24, 2.45) is 10.9 Å². The van der Waals surface area contributed by atoms with E-state index >= 15 is 0 Å². The highest BCUT2D eigenvalue weighted by molar-refractivity contribution is 14.0. The first-order valence-corrected chi connectivity index (χ1v) is 8.75. The lowest BCUT2D eigenvalue weighted by Crippen LogP contribution is -2.39. The molecule has 2 aromatic rings. The predicted octanol–water partition coefficient (Wildman–Crippen LogP) is 3.57. The second-order valence-corrected chi connectivity index (χ2v) is 6.56. The van der Waals surface area contributed by atoms with E-state index in [9.17, 15) is 0 Å². The molecule has 0 amide bonds. The van der Waals surface area contributed by atoms with E-state index in [0.29, 0.717) is 12.6 Å². The lowest BCUT2D eigenvalue weighted by Gasteiger charge is -2.11. The van der Waals surface area contributed by atoms with Crippen molar-refractivity contribution in [1.82, 2.24) is 20.4 Å². The molecule has 1 aliphatic carbocycles. The van der Waals surface area contributed by atoms with Gasteiger partial charge in [0.25, 0.3) is 0 Å². The number of aromatic nitrogens is 2. The van der Waals surface area contributed by atoms with Gasteiger partial charge in [-0.25, -0.2) is 9.67 Å². The molecule has 0 bridgehead atoms. The number of nitrogens with one attached hydrogen (secondary N) is 2. The number of halogens is 1. The molecule has 6 heteroatoms. The van der Waals surface area contributed by atoms with Crippen LogP contribution in [0.2, 0.25) is 0 Å². The van der Waals surface area contributed by atoms with Crippen molar-refractivity contribution < 1.29 is 0 Å². The van der Waals surface area contributed by atoms with E-state index in [0.717, 1.165) is 35.5 Å². The summed E-state index contributed by atoms with van der Waals surface area (Å²) in [5.41, 5.74) is 4.47. The van der Waals surface area contributed by atoms with Crippen LogP contribution in [0.4, 0.5) is 0 Å². The molecular weight excluding hydrogens is 425 g/mol. The van der Waals surface area contributed by atoms with Crippen LogP contribution in [0.3, 0.4) is 0 Å². The largest absolute Gasteiger partial charge is 0.357 e. The second kappa shape index (κ2) is 8.69. The fraction of sp³-hybridized carbons (Fsp3) is 0.474. The first-order valence-electron chi connectivity index (χ1n) is 8.75. The molecule has 25 heavy (non-hydrogen) atoms. The molecule has 2 N–H and O–H groups in total. The summed E-state index contributed by atoms with van der Waals surface area (Å²) in [7, 11) is 0. The monoisotopic (exact) mass is 453 g/mol. The van der Waals surface area contributed by atoms with Gasteiger partial charge in [-0.15, -0.1) is 24.0 Å². The molecule has 1 fully saturated rings. The predicted molar refractivity (Wildman–Crippen MR) is 114 cm³/mol. The molecule has 1 saturated carbocycles. The van der Waals surface area contributed by atoms with E-state index in [1.165, 1.54) is 12.0 Å². The maximum absolute atomic E-state index is 4.77. The van der Waals surface area contributed by atoms with Crippen LogP contribution >= 0.6 is 24.0 Å². The topological polar surface area (TPSA) is 54.2 Å². The van der Waals surface area contributed by atoms with Crippen molar-refractivity contribution in [1.29, 1.82) is 0 Å². The van der Waals surface area contributed by atoms with E-state index in [-0.39, 0.29) is 24.0 Å². The molecule has 0 aliphatic heterocycles. The molecule has 2 unspecified atom stereocenters. The van der Waals surface area contributed by atoms with Crippen molar-refractivity contribution in [3.63, 3.8) is 0 Å². The van der Waals surface area contributed by atoms with Gasteiger partial charge in [-0.1, -0.05) is 25.1 Å². The molecule has 1 heterocycles. The van der Waals surface area contributed by atoms with Crippen LogP contribution in [0.5, 0.6) is 0 Å². The summed E-state index contributed by atoms with van der Waals surface area (Å²) in [6.45, 7) is 10.0. The SMILES string of the molecule is CCNC(=NCc1c(C)nn(-c2ccccc2)c1C)NC1CC1C.I. The van der Waals surface area contributed by atoms with Crippen LogP contribution in [0.15, 0.2) is 35.3 Å². The van der Waals surface area contributed by atoms with Crippen molar-refractivity contribution in [3.05, 3.63) is 47.3 Å². The van der Waals surface area contributed by atoms with Gasteiger partial charge in [0.1, 0.15) is 0 Å². The summed E-state index contributed by atoms with van der Waals surface area (Å²) in [4.78, 5) is 4.77. The smallest absolute Gasteiger partial charge is 0.191 e. The van der Waals surface area contributed by atoms with Gasteiger partial charge in [0.05, 0.1) is 17.9 Å². The molecule has 0 spiro atoms. The lowest BCUT2D eigenvalue weighted by molar-refractivity contribution is 0.765. The zero-order valence-corrected chi connectivity index (χ0v) is 17.7. The number of para-hydroxylation sites is 1. The zero-order chi connectivity index (χ0) is 17.1. The van der Waals surface area contributed by atoms with Gasteiger partial charge in [0.15, 0.2) is 5.96 Å². The fourth-order valence-corrected chi connectivity index (χ4v) is 2.90. The van der Waals surface area contributed by atoms with Crippen molar-refractivity contribution in [2.45, 2.75) is 46.7 Å². The van der Waals surface area contributed by atoms with Gasteiger partial charge < -0.3 is 10.6 Å². The van der Waals surface area contributed by atoms with Crippen LogP contribution < -0.4 is 10.6 Å². The second-order valence-electron chi connectivity index (χ2n) is 6.56. The number of aliphatic imine (C=N–C) groups is 1. The Morgan fingerprint density at radius 3 is 2.56 bits per heavy atom. The van der Waals surface area contributed by atoms with Crippen LogP contribution in [-0.4, -0.2) is 28.3 Å².